The molecule has 0 heterocycles. The number of phosphoric ester groups is 2. The number of aliphatic hydroxyl groups is 1. The van der Waals surface area contributed by atoms with Gasteiger partial charge in [0.25, 0.3) is 0 Å². The maximum Gasteiger partial charge on any atom is 0.472 e. The predicted octanol–water partition coefficient (Wildman–Crippen LogP) is 24.4. The quantitative estimate of drug-likeness (QED) is 0.0169. The monoisotopic (exact) mass is 1530 g/mol. The fourth-order valence-corrected chi connectivity index (χ4v) is 12.4. The molecule has 17 nitrogen and oxygen atoms in total. The van der Waals surface area contributed by atoms with Crippen molar-refractivity contribution in [2.75, 3.05) is 39.6 Å². The lowest BCUT2D eigenvalue weighted by atomic mass is 10.1. The third kappa shape index (κ3) is 77.4. The molecule has 0 rings (SSSR count). The van der Waals surface area contributed by atoms with Gasteiger partial charge in [-0.1, -0.05) is 283 Å². The molecule has 19 heteroatoms. The zero-order valence-electron chi connectivity index (χ0n) is 66.6. The molecule has 5 unspecified atom stereocenters. The Hall–Kier alpha value is -4.80. The van der Waals surface area contributed by atoms with E-state index in [1.165, 1.54) is 44.9 Å². The van der Waals surface area contributed by atoms with E-state index in [0.717, 1.165) is 212 Å². The van der Waals surface area contributed by atoms with Crippen LogP contribution in [0, 0.1) is 0 Å². The number of phosphoric acid groups is 2. The Morgan fingerprint density at radius 2 is 0.491 bits per heavy atom. The van der Waals surface area contributed by atoms with Gasteiger partial charge in [-0.3, -0.25) is 37.3 Å². The molecule has 608 valence electrons. The lowest BCUT2D eigenvalue weighted by Crippen LogP contribution is -2.30. The minimum Gasteiger partial charge on any atom is -0.462 e. The number of rotatable bonds is 77. The van der Waals surface area contributed by atoms with Crippen molar-refractivity contribution in [3.63, 3.8) is 0 Å². The normalized spacial score (nSPS) is 14.5. The van der Waals surface area contributed by atoms with Gasteiger partial charge in [-0.25, -0.2) is 9.13 Å². The Morgan fingerprint density at radius 1 is 0.274 bits per heavy atom. The highest BCUT2D eigenvalue weighted by Gasteiger charge is 2.30. The molecular weight excluding hydrogens is 1380 g/mol. The summed E-state index contributed by atoms with van der Waals surface area (Å²) in [5.41, 5.74) is 0. The number of unbranched alkanes of at least 4 members (excludes halogenated alkanes) is 29. The molecule has 5 atom stereocenters. The average molecular weight is 1530 g/mol. The van der Waals surface area contributed by atoms with Crippen molar-refractivity contribution in [3.8, 4) is 0 Å². The van der Waals surface area contributed by atoms with E-state index in [-0.39, 0.29) is 25.7 Å². The van der Waals surface area contributed by atoms with Crippen LogP contribution < -0.4 is 0 Å². The molecule has 0 fully saturated rings. The third-order valence-electron chi connectivity index (χ3n) is 17.1. The second-order valence-electron chi connectivity index (χ2n) is 27.3. The van der Waals surface area contributed by atoms with Gasteiger partial charge < -0.3 is 33.8 Å². The maximum absolute atomic E-state index is 13.1. The van der Waals surface area contributed by atoms with Crippen LogP contribution in [0.5, 0.6) is 0 Å². The Kier molecular flexibility index (Phi) is 74.8. The van der Waals surface area contributed by atoms with Gasteiger partial charge in [-0.05, 0) is 161 Å². The van der Waals surface area contributed by atoms with Gasteiger partial charge in [0.1, 0.15) is 19.3 Å². The molecule has 0 aliphatic rings. The SMILES string of the molecule is CC/C=C\C/C=C\C/C=C\C/C=C\CCCCCCCCC(=O)OCC(COP(=O)(O)OCC(O)COP(=O)(O)OCC(COC(=O)CCCCCCCC/C=C\C/C=C\C/C=C\CCCCC)OC(=O)CCCCCCC/C=C\CCCCCC)OC(=O)CCCCCCC/C=C\C/C=C\C/C=C\CC. The van der Waals surface area contributed by atoms with E-state index in [9.17, 15) is 43.2 Å². The number of carbonyl (C=O) groups excluding carboxylic acids is 4. The zero-order chi connectivity index (χ0) is 77.4. The van der Waals surface area contributed by atoms with Crippen molar-refractivity contribution in [1.29, 1.82) is 0 Å². The summed E-state index contributed by atoms with van der Waals surface area (Å²) in [5, 5.41) is 10.7. The average Bonchev–Trinajstić information content (AvgIpc) is 0.933. The topological polar surface area (TPSA) is 237 Å². The van der Waals surface area contributed by atoms with Gasteiger partial charge in [-0.2, -0.15) is 0 Å². The molecule has 0 radical (unpaired) electrons. The molecule has 0 bridgehead atoms. The van der Waals surface area contributed by atoms with Gasteiger partial charge in [-0.15, -0.1) is 0 Å². The lowest BCUT2D eigenvalue weighted by Gasteiger charge is -2.21. The first-order chi connectivity index (χ1) is 51.7. The van der Waals surface area contributed by atoms with Crippen LogP contribution in [0.4, 0.5) is 0 Å². The van der Waals surface area contributed by atoms with Crippen LogP contribution >= 0.6 is 15.6 Å². The highest BCUT2D eigenvalue weighted by Crippen LogP contribution is 2.45. The summed E-state index contributed by atoms with van der Waals surface area (Å²) in [4.78, 5) is 73.1. The highest BCUT2D eigenvalue weighted by molar-refractivity contribution is 7.47. The van der Waals surface area contributed by atoms with E-state index in [0.29, 0.717) is 25.7 Å². The van der Waals surface area contributed by atoms with Crippen molar-refractivity contribution in [2.24, 2.45) is 0 Å². The van der Waals surface area contributed by atoms with Gasteiger partial charge in [0.15, 0.2) is 12.2 Å². The molecule has 0 aromatic carbocycles. The van der Waals surface area contributed by atoms with Crippen molar-refractivity contribution in [3.05, 3.63) is 134 Å². The van der Waals surface area contributed by atoms with E-state index in [1.54, 1.807) is 0 Å². The molecule has 0 aliphatic carbocycles. The molecule has 3 N–H and O–H groups in total. The summed E-state index contributed by atoms with van der Waals surface area (Å²) in [6.45, 7) is 4.58. The molecule has 0 amide bonds. The van der Waals surface area contributed by atoms with E-state index in [1.807, 2.05) is 0 Å². The van der Waals surface area contributed by atoms with Gasteiger partial charge in [0.2, 0.25) is 0 Å². The summed E-state index contributed by atoms with van der Waals surface area (Å²) in [6, 6.07) is 0. The molecule has 106 heavy (non-hydrogen) atoms. The largest absolute Gasteiger partial charge is 0.472 e. The van der Waals surface area contributed by atoms with Crippen LogP contribution in [0.25, 0.3) is 0 Å². The predicted molar refractivity (Wildman–Crippen MR) is 436 cm³/mol. The second kappa shape index (κ2) is 78.3. The molecule has 0 aliphatic heterocycles. The zero-order valence-corrected chi connectivity index (χ0v) is 68.4. The fourth-order valence-electron chi connectivity index (χ4n) is 10.8. The maximum atomic E-state index is 13.1. The number of hydrogen-bond acceptors (Lipinski definition) is 15. The first-order valence-corrected chi connectivity index (χ1v) is 44.4. The molecule has 0 saturated carbocycles. The Bertz CT molecular complexity index is 2530. The number of aliphatic hydroxyl groups excluding tert-OH is 1. The number of allylic oxidation sites excluding steroid dienone is 22. The minimum absolute atomic E-state index is 0.0689. The summed E-state index contributed by atoms with van der Waals surface area (Å²) in [5.74, 6) is -2.23. The van der Waals surface area contributed by atoms with Crippen LogP contribution in [0.15, 0.2) is 134 Å². The van der Waals surface area contributed by atoms with E-state index < -0.39 is 97.5 Å². The Morgan fingerprint density at radius 3 is 0.783 bits per heavy atom. The molecule has 0 aromatic heterocycles. The van der Waals surface area contributed by atoms with E-state index in [4.69, 9.17) is 37.0 Å². The fraction of sp³-hybridized carbons (Fsp3) is 0.701. The van der Waals surface area contributed by atoms with E-state index in [2.05, 4.69) is 161 Å². The molecular formula is C87H148O17P2. The molecule has 0 spiro atoms. The smallest absolute Gasteiger partial charge is 0.462 e. The Balaban J connectivity index is 5.38. The van der Waals surface area contributed by atoms with Gasteiger partial charge >= 0.3 is 39.5 Å². The summed E-state index contributed by atoms with van der Waals surface area (Å²) in [7, 11) is -9.98. The third-order valence-corrected chi connectivity index (χ3v) is 19.0. The minimum atomic E-state index is -4.99. The van der Waals surface area contributed by atoms with Crippen LogP contribution in [0.3, 0.4) is 0 Å². The van der Waals surface area contributed by atoms with Crippen LogP contribution in [0.1, 0.15) is 336 Å². The summed E-state index contributed by atoms with van der Waals surface area (Å²) < 4.78 is 68.7. The van der Waals surface area contributed by atoms with Crippen molar-refractivity contribution < 1.29 is 80.2 Å². The van der Waals surface area contributed by atoms with Gasteiger partial charge in [0, 0.05) is 25.7 Å². The molecule has 0 aromatic rings. The number of ether oxygens (including phenoxy) is 4. The van der Waals surface area contributed by atoms with Crippen LogP contribution in [-0.4, -0.2) is 96.7 Å². The Labute approximate surface area is 644 Å². The van der Waals surface area contributed by atoms with Crippen molar-refractivity contribution in [2.45, 2.75) is 354 Å². The van der Waals surface area contributed by atoms with Crippen molar-refractivity contribution >= 4 is 39.5 Å². The summed E-state index contributed by atoms with van der Waals surface area (Å²) in [6.07, 6.45) is 88.4. The van der Waals surface area contributed by atoms with E-state index >= 15 is 0 Å². The standard InChI is InChI=1S/C87H148O17P2/c1-5-9-13-17-21-25-29-33-36-38-40-42-45-48-51-55-59-63-67-71-84(89)97-77-82(103-86(91)73-69-65-61-57-53-47-32-28-24-20-16-12-8-4)79-101-105(93,94)99-75-81(88)76-100-106(95,96)102-80-83(104-87(92)74-70-66-62-58-54-50-44-35-31-27-23-19-15-11-7-3)78-98-85(90)72-68-64-60-56-52-49-46-43-41-39-37-34-30-26-22-18-14-10-6-2/h10-11,14-15,21-23,25-28,32-37,40-44,81-83,88H,5-9,12-13,16-20,24,29-31,38-39,45-80H2,1-4H3,(H,93,94)(H,95,96)/b14-10-,15-11-,25-21-,26-22-,27-23-,32-28-,36-33-,37-34-,42-40-,43-41-,44-35-. The first-order valence-electron chi connectivity index (χ1n) is 41.4. The number of carbonyl (C=O) groups is 4. The number of esters is 4. The van der Waals surface area contributed by atoms with Crippen LogP contribution in [-0.2, 0) is 65.4 Å². The van der Waals surface area contributed by atoms with Crippen LogP contribution in [0.2, 0.25) is 0 Å². The second-order valence-corrected chi connectivity index (χ2v) is 30.2. The summed E-state index contributed by atoms with van der Waals surface area (Å²) >= 11 is 0. The highest BCUT2D eigenvalue weighted by atomic mass is 31.2. The molecule has 0 saturated heterocycles. The van der Waals surface area contributed by atoms with Gasteiger partial charge in [0.05, 0.1) is 26.4 Å². The first kappa shape index (κ1) is 101. The number of hydrogen-bond donors (Lipinski definition) is 3. The lowest BCUT2D eigenvalue weighted by molar-refractivity contribution is -0.161. The van der Waals surface area contributed by atoms with Crippen molar-refractivity contribution in [1.82, 2.24) is 0 Å².